The number of carbonyl (C=O) groups is 1. The Hall–Kier alpha value is -1.79. The average Bonchev–Trinajstić information content (AvgIpc) is 2.65. The lowest BCUT2D eigenvalue weighted by Gasteiger charge is -2.35. The molecule has 3 rings (SSSR count). The lowest BCUT2D eigenvalue weighted by Crippen LogP contribution is -2.46. The number of piperidine rings is 1. The number of carbonyl (C=O) groups excluding carboxylic acids is 1. The molecule has 0 atom stereocenters. The molecule has 0 bridgehead atoms. The van der Waals surface area contributed by atoms with Gasteiger partial charge < -0.3 is 19.5 Å². The van der Waals surface area contributed by atoms with Gasteiger partial charge in [-0.3, -0.25) is 9.69 Å². The van der Waals surface area contributed by atoms with Gasteiger partial charge in [-0.05, 0) is 50.6 Å². The molecular weight excluding hydrogens is 320 g/mol. The minimum absolute atomic E-state index is 0.146. The summed E-state index contributed by atoms with van der Waals surface area (Å²) in [6, 6.07) is 5.53. The van der Waals surface area contributed by atoms with Crippen LogP contribution in [0.2, 0.25) is 0 Å². The van der Waals surface area contributed by atoms with Crippen molar-refractivity contribution in [3.05, 3.63) is 23.8 Å². The van der Waals surface area contributed by atoms with Gasteiger partial charge >= 0.3 is 0 Å². The first kappa shape index (κ1) is 18.0. The topological polar surface area (TPSA) is 62.2 Å². The van der Waals surface area contributed by atoms with Crippen LogP contribution in [0.25, 0.3) is 0 Å². The van der Waals surface area contributed by atoms with Gasteiger partial charge in [0.2, 0.25) is 5.91 Å². The van der Waals surface area contributed by atoms with Gasteiger partial charge in [-0.25, -0.2) is 0 Å². The highest BCUT2D eigenvalue weighted by molar-refractivity contribution is 5.79. The SMILES string of the molecule is CCOc1cc(CN2CCC(C(=O)N3CCOCC3)CC2)ccc1O. The van der Waals surface area contributed by atoms with E-state index < -0.39 is 0 Å². The smallest absolute Gasteiger partial charge is 0.225 e. The predicted octanol–water partition coefficient (Wildman–Crippen LogP) is 1.86. The predicted molar refractivity (Wildman–Crippen MR) is 94.7 cm³/mol. The van der Waals surface area contributed by atoms with Crippen LogP contribution in [0.1, 0.15) is 25.3 Å². The molecule has 2 saturated heterocycles. The average molecular weight is 348 g/mol. The standard InChI is InChI=1S/C19H28N2O4/c1-2-25-18-13-15(3-4-17(18)22)14-20-7-5-16(6-8-20)19(23)21-9-11-24-12-10-21/h3-4,13,16,22H,2,5-12,14H2,1H3. The van der Waals surface area contributed by atoms with E-state index in [0.29, 0.717) is 31.5 Å². The molecule has 6 heteroatoms. The molecule has 1 N–H and O–H groups in total. The zero-order chi connectivity index (χ0) is 17.6. The van der Waals surface area contributed by atoms with Crippen LogP contribution in [0, 0.1) is 5.92 Å². The van der Waals surface area contributed by atoms with Gasteiger partial charge in [0.1, 0.15) is 0 Å². The Morgan fingerprint density at radius 1 is 1.24 bits per heavy atom. The van der Waals surface area contributed by atoms with E-state index >= 15 is 0 Å². The highest BCUT2D eigenvalue weighted by Crippen LogP contribution is 2.28. The summed E-state index contributed by atoms with van der Waals surface area (Å²) in [6.45, 7) is 7.88. The van der Waals surface area contributed by atoms with Gasteiger partial charge in [-0.15, -0.1) is 0 Å². The summed E-state index contributed by atoms with van der Waals surface area (Å²) in [4.78, 5) is 16.9. The van der Waals surface area contributed by atoms with E-state index in [1.165, 1.54) is 0 Å². The van der Waals surface area contributed by atoms with Crippen LogP contribution in [0.4, 0.5) is 0 Å². The zero-order valence-electron chi connectivity index (χ0n) is 14.9. The number of rotatable bonds is 5. The van der Waals surface area contributed by atoms with Crippen molar-refractivity contribution in [1.29, 1.82) is 0 Å². The molecule has 0 saturated carbocycles. The summed E-state index contributed by atoms with van der Waals surface area (Å²) in [6.07, 6.45) is 1.82. The zero-order valence-corrected chi connectivity index (χ0v) is 14.9. The van der Waals surface area contributed by atoms with Gasteiger partial charge in [0.05, 0.1) is 19.8 Å². The third-order valence-electron chi connectivity index (χ3n) is 4.99. The molecule has 1 amide bonds. The summed E-state index contributed by atoms with van der Waals surface area (Å²) in [5, 5.41) is 9.80. The molecule has 0 spiro atoms. The van der Waals surface area contributed by atoms with Crippen LogP contribution in [0.5, 0.6) is 11.5 Å². The van der Waals surface area contributed by atoms with Crippen LogP contribution >= 0.6 is 0 Å². The lowest BCUT2D eigenvalue weighted by atomic mass is 9.94. The van der Waals surface area contributed by atoms with E-state index in [2.05, 4.69) is 4.90 Å². The Bertz CT molecular complexity index is 579. The first-order valence-electron chi connectivity index (χ1n) is 9.21. The number of likely N-dealkylation sites (tertiary alicyclic amines) is 1. The van der Waals surface area contributed by atoms with Crippen molar-refractivity contribution in [2.24, 2.45) is 5.92 Å². The molecule has 25 heavy (non-hydrogen) atoms. The van der Waals surface area contributed by atoms with Crippen LogP contribution in [-0.2, 0) is 16.1 Å². The highest BCUT2D eigenvalue weighted by Gasteiger charge is 2.29. The minimum atomic E-state index is 0.146. The number of morpholine rings is 1. The number of phenolic OH excluding ortho intramolecular Hbond substituents is 1. The second kappa shape index (κ2) is 8.54. The summed E-state index contributed by atoms with van der Waals surface area (Å²) >= 11 is 0. The first-order valence-corrected chi connectivity index (χ1v) is 9.21. The Morgan fingerprint density at radius 3 is 2.64 bits per heavy atom. The number of benzene rings is 1. The normalized spacial score (nSPS) is 19.8. The molecule has 2 heterocycles. The second-order valence-electron chi connectivity index (χ2n) is 6.72. The van der Waals surface area contributed by atoms with Crippen molar-refractivity contribution in [2.75, 3.05) is 46.0 Å². The number of hydrogen-bond acceptors (Lipinski definition) is 5. The quantitative estimate of drug-likeness (QED) is 0.880. The molecule has 138 valence electrons. The first-order chi connectivity index (χ1) is 12.2. The molecule has 0 aliphatic carbocycles. The van der Waals surface area contributed by atoms with Crippen molar-refractivity contribution >= 4 is 5.91 Å². The Kier molecular flexibility index (Phi) is 6.15. The van der Waals surface area contributed by atoms with Crippen LogP contribution in [0.15, 0.2) is 18.2 Å². The van der Waals surface area contributed by atoms with Crippen molar-refractivity contribution in [3.8, 4) is 11.5 Å². The van der Waals surface area contributed by atoms with Gasteiger partial charge in [-0.1, -0.05) is 6.07 Å². The molecule has 0 aromatic heterocycles. The maximum atomic E-state index is 12.6. The maximum Gasteiger partial charge on any atom is 0.225 e. The molecular formula is C19H28N2O4. The minimum Gasteiger partial charge on any atom is -0.504 e. The van der Waals surface area contributed by atoms with Crippen molar-refractivity contribution < 1.29 is 19.4 Å². The van der Waals surface area contributed by atoms with E-state index in [1.54, 1.807) is 6.07 Å². The van der Waals surface area contributed by atoms with Crippen molar-refractivity contribution in [1.82, 2.24) is 9.80 Å². The van der Waals surface area contributed by atoms with Crippen LogP contribution in [-0.4, -0.2) is 66.8 Å². The monoisotopic (exact) mass is 348 g/mol. The third kappa shape index (κ3) is 4.64. The van der Waals surface area contributed by atoms with Gasteiger partial charge in [0.15, 0.2) is 11.5 Å². The second-order valence-corrected chi connectivity index (χ2v) is 6.72. The van der Waals surface area contributed by atoms with Crippen molar-refractivity contribution in [3.63, 3.8) is 0 Å². The van der Waals surface area contributed by atoms with E-state index in [4.69, 9.17) is 9.47 Å². The number of nitrogens with zero attached hydrogens (tertiary/aromatic N) is 2. The lowest BCUT2D eigenvalue weighted by molar-refractivity contribution is -0.141. The van der Waals surface area contributed by atoms with Gasteiger partial charge in [0.25, 0.3) is 0 Å². The highest BCUT2D eigenvalue weighted by atomic mass is 16.5. The molecule has 0 unspecified atom stereocenters. The van der Waals surface area contributed by atoms with E-state index in [0.717, 1.165) is 51.1 Å². The van der Waals surface area contributed by atoms with Crippen LogP contribution in [0.3, 0.4) is 0 Å². The number of phenols is 1. The number of amides is 1. The summed E-state index contributed by atoms with van der Waals surface area (Å²) in [7, 11) is 0. The summed E-state index contributed by atoms with van der Waals surface area (Å²) in [5.74, 6) is 1.16. The summed E-state index contributed by atoms with van der Waals surface area (Å²) < 4.78 is 10.8. The fourth-order valence-electron chi connectivity index (χ4n) is 3.57. The molecule has 1 aromatic carbocycles. The number of ether oxygens (including phenoxy) is 2. The molecule has 2 fully saturated rings. The van der Waals surface area contributed by atoms with Crippen molar-refractivity contribution in [2.45, 2.75) is 26.3 Å². The van der Waals surface area contributed by atoms with E-state index in [-0.39, 0.29) is 11.7 Å². The third-order valence-corrected chi connectivity index (χ3v) is 4.99. The molecule has 2 aliphatic rings. The fraction of sp³-hybridized carbons (Fsp3) is 0.632. The molecule has 6 nitrogen and oxygen atoms in total. The van der Waals surface area contributed by atoms with Crippen LogP contribution < -0.4 is 4.74 Å². The molecule has 1 aromatic rings. The number of aromatic hydroxyl groups is 1. The Morgan fingerprint density at radius 2 is 1.96 bits per heavy atom. The Balaban J connectivity index is 1.50. The fourth-order valence-corrected chi connectivity index (χ4v) is 3.57. The Labute approximate surface area is 149 Å². The van der Waals surface area contributed by atoms with Gasteiger partial charge in [-0.2, -0.15) is 0 Å². The summed E-state index contributed by atoms with van der Waals surface area (Å²) in [5.41, 5.74) is 1.12. The van der Waals surface area contributed by atoms with E-state index in [1.807, 2.05) is 24.0 Å². The van der Waals surface area contributed by atoms with Gasteiger partial charge in [0, 0.05) is 25.6 Å². The van der Waals surface area contributed by atoms with E-state index in [9.17, 15) is 9.90 Å². The molecule has 2 aliphatic heterocycles. The maximum absolute atomic E-state index is 12.6. The molecule has 0 radical (unpaired) electrons. The largest absolute Gasteiger partial charge is 0.504 e. The number of hydrogen-bond donors (Lipinski definition) is 1.